The Kier molecular flexibility index (Phi) is 14.0. The first-order valence-corrected chi connectivity index (χ1v) is 26.0. The zero-order valence-corrected chi connectivity index (χ0v) is 44.1. The van der Waals surface area contributed by atoms with Gasteiger partial charge in [-0.15, -0.1) is 0 Å². The van der Waals surface area contributed by atoms with E-state index in [0.29, 0.717) is 0 Å². The maximum atomic E-state index is 15.4. The van der Waals surface area contributed by atoms with E-state index in [0.717, 1.165) is 71.9 Å². The summed E-state index contributed by atoms with van der Waals surface area (Å²) in [5, 5.41) is 5.70. The average molecular weight is 860 g/mol. The predicted octanol–water partition coefficient (Wildman–Crippen LogP) is 15.9. The van der Waals surface area contributed by atoms with Crippen LogP contribution in [0.25, 0.3) is 32.6 Å². The van der Waals surface area contributed by atoms with Gasteiger partial charge < -0.3 is 0 Å². The van der Waals surface area contributed by atoms with Crippen LogP contribution in [0.15, 0.2) is 42.6 Å². The molecule has 0 atom stereocenters. The molecule has 62 heavy (non-hydrogen) atoms. The molecule has 0 bridgehead atoms. The largest absolute Gasteiger partial charge is 0.261 e. The first-order valence-electron chi connectivity index (χ1n) is 22.5. The standard InChI is InChI=1S/C19H26FN.C19H27N.C18H26FNSi/c1-11-9-10-13-12(2)14(18(3,4)5)16(20)15(17(13)21-11)19(6,7)8;1-12-9-14-15(11-20-12)13(2)16(18(3,4)5)10-17(14)19(6,7)8;1-11-9-10-13-12(2)14(18(3,4)5)15(19)17(16(13)20-11)21(6,7)8/h9-10H,1-8H3;9-11H,1-8H3;9-10H,1-8H3. The summed E-state index contributed by atoms with van der Waals surface area (Å²) in [7, 11) is -1.84. The lowest BCUT2D eigenvalue weighted by molar-refractivity contribution is 0.483. The van der Waals surface area contributed by atoms with Crippen molar-refractivity contribution >= 4 is 45.8 Å². The van der Waals surface area contributed by atoms with Gasteiger partial charge in [-0.2, -0.15) is 0 Å². The number of pyridine rings is 3. The number of halogens is 2. The molecule has 0 radical (unpaired) electrons. The Bertz CT molecular complexity index is 2520. The molecule has 6 heteroatoms. The summed E-state index contributed by atoms with van der Waals surface area (Å²) in [6.45, 7) is 51.2. The molecule has 0 amide bonds. The van der Waals surface area contributed by atoms with Crippen molar-refractivity contribution in [2.24, 2.45) is 0 Å². The third kappa shape index (κ3) is 10.5. The molecule has 336 valence electrons. The van der Waals surface area contributed by atoms with Crippen LogP contribution in [-0.4, -0.2) is 23.0 Å². The van der Waals surface area contributed by atoms with Gasteiger partial charge in [-0.25, -0.2) is 8.78 Å². The highest BCUT2D eigenvalue weighted by Gasteiger charge is 2.33. The fraction of sp³-hybridized carbons (Fsp3) is 0.518. The SMILES string of the molecule is Cc1cc2c(C(C)(C)C)cc(C(C)(C)C)c(C)c2cn1.Cc1ccc2c(C)c(C(C)(C)C)c(F)c(C(C)(C)C)c2n1.Cc1ccc2c(C)c(C(C)(C)C)c(F)c([Si](C)(C)C)c2n1. The van der Waals surface area contributed by atoms with Gasteiger partial charge in [-0.1, -0.05) is 142 Å². The topological polar surface area (TPSA) is 38.7 Å². The number of benzene rings is 3. The second kappa shape index (κ2) is 17.2. The van der Waals surface area contributed by atoms with Crippen LogP contribution in [0, 0.1) is 53.2 Å². The van der Waals surface area contributed by atoms with Crippen LogP contribution in [0.3, 0.4) is 0 Å². The second-order valence-electron chi connectivity index (χ2n) is 24.0. The molecule has 6 rings (SSSR count). The molecule has 3 heterocycles. The fourth-order valence-electron chi connectivity index (χ4n) is 9.27. The summed E-state index contributed by atoms with van der Waals surface area (Å²) < 4.78 is 30.7. The van der Waals surface area contributed by atoms with Gasteiger partial charge >= 0.3 is 0 Å². The number of nitrogens with zero attached hydrogens (tertiary/aromatic N) is 3. The Hall–Kier alpha value is -4.03. The molecule has 0 fully saturated rings. The molecule has 0 unspecified atom stereocenters. The van der Waals surface area contributed by atoms with E-state index in [1.807, 2.05) is 46.0 Å². The highest BCUT2D eigenvalue weighted by molar-refractivity contribution is 6.90. The highest BCUT2D eigenvalue weighted by Crippen LogP contribution is 2.41. The molecule has 0 aliphatic heterocycles. The monoisotopic (exact) mass is 860 g/mol. The lowest BCUT2D eigenvalue weighted by Crippen LogP contribution is -2.43. The van der Waals surface area contributed by atoms with E-state index in [1.165, 1.54) is 27.5 Å². The van der Waals surface area contributed by atoms with Crippen molar-refractivity contribution in [3.63, 3.8) is 0 Å². The molecule has 0 aliphatic rings. The Labute approximate surface area is 376 Å². The van der Waals surface area contributed by atoms with Crippen LogP contribution in [0.4, 0.5) is 8.78 Å². The summed E-state index contributed by atoms with van der Waals surface area (Å²) in [4.78, 5) is 13.8. The van der Waals surface area contributed by atoms with Crippen LogP contribution >= 0.6 is 0 Å². The maximum absolute atomic E-state index is 15.4. The number of rotatable bonds is 1. The van der Waals surface area contributed by atoms with Crippen molar-refractivity contribution in [2.45, 2.75) is 192 Å². The third-order valence-electron chi connectivity index (χ3n) is 12.0. The molecule has 3 nitrogen and oxygen atoms in total. The molecule has 3 aromatic heterocycles. The van der Waals surface area contributed by atoms with Crippen molar-refractivity contribution in [3.8, 4) is 0 Å². The van der Waals surface area contributed by atoms with Crippen LogP contribution < -0.4 is 5.19 Å². The number of aryl methyl sites for hydroxylation is 6. The van der Waals surface area contributed by atoms with Gasteiger partial charge in [0.1, 0.15) is 11.6 Å². The molecule has 0 spiro atoms. The molecule has 6 aromatic rings. The number of fused-ring (bicyclic) bond motifs is 3. The van der Waals surface area contributed by atoms with E-state index < -0.39 is 8.07 Å². The second-order valence-corrected chi connectivity index (χ2v) is 29.0. The van der Waals surface area contributed by atoms with Crippen LogP contribution in [0.1, 0.15) is 165 Å². The average Bonchev–Trinajstić information content (AvgIpc) is 3.05. The van der Waals surface area contributed by atoms with Gasteiger partial charge in [0.15, 0.2) is 0 Å². The van der Waals surface area contributed by atoms with Crippen molar-refractivity contribution in [1.29, 1.82) is 0 Å². The van der Waals surface area contributed by atoms with Crippen molar-refractivity contribution in [3.05, 3.63) is 116 Å². The first-order chi connectivity index (χ1) is 27.9. The van der Waals surface area contributed by atoms with E-state index in [1.54, 1.807) is 0 Å². The lowest BCUT2D eigenvalue weighted by Gasteiger charge is -2.29. The number of hydrogen-bond acceptors (Lipinski definition) is 3. The summed E-state index contributed by atoms with van der Waals surface area (Å²) in [6.07, 6.45) is 2.05. The molecule has 3 aromatic carbocycles. The van der Waals surface area contributed by atoms with Crippen molar-refractivity contribution in [2.75, 3.05) is 0 Å². The zero-order chi connectivity index (χ0) is 47.6. The quantitative estimate of drug-likeness (QED) is 0.155. The Morgan fingerprint density at radius 3 is 1.26 bits per heavy atom. The van der Waals surface area contributed by atoms with E-state index in [9.17, 15) is 0 Å². The summed E-state index contributed by atoms with van der Waals surface area (Å²) in [6, 6.07) is 12.9. The summed E-state index contributed by atoms with van der Waals surface area (Å²) in [5.41, 5.74) is 12.9. The Morgan fingerprint density at radius 1 is 0.419 bits per heavy atom. The molecule has 0 aliphatic carbocycles. The van der Waals surface area contributed by atoms with E-state index in [-0.39, 0.29) is 38.7 Å². The third-order valence-corrected chi connectivity index (χ3v) is 14.0. The van der Waals surface area contributed by atoms with E-state index in [4.69, 9.17) is 0 Å². The van der Waals surface area contributed by atoms with E-state index in [2.05, 4.69) is 177 Å². The van der Waals surface area contributed by atoms with Crippen LogP contribution in [-0.2, 0) is 27.1 Å². The summed E-state index contributed by atoms with van der Waals surface area (Å²) in [5.74, 6) is -0.108. The highest BCUT2D eigenvalue weighted by atomic mass is 28.3. The van der Waals surface area contributed by atoms with Gasteiger partial charge in [-0.05, 0) is 131 Å². The number of hydrogen-bond donors (Lipinski definition) is 0. The predicted molar refractivity (Wildman–Crippen MR) is 270 cm³/mol. The molecule has 0 saturated carbocycles. The Balaban J connectivity index is 0.000000205. The van der Waals surface area contributed by atoms with Crippen LogP contribution in [0.2, 0.25) is 19.6 Å². The van der Waals surface area contributed by atoms with Gasteiger partial charge in [-0.3, -0.25) is 15.0 Å². The fourth-order valence-corrected chi connectivity index (χ4v) is 10.9. The first kappa shape index (κ1) is 50.6. The summed E-state index contributed by atoms with van der Waals surface area (Å²) >= 11 is 0. The maximum Gasteiger partial charge on any atom is 0.133 e. The smallest absolute Gasteiger partial charge is 0.133 e. The lowest BCUT2D eigenvalue weighted by atomic mass is 9.76. The zero-order valence-electron chi connectivity index (χ0n) is 43.1. The number of aromatic nitrogens is 3. The van der Waals surface area contributed by atoms with Crippen molar-refractivity contribution < 1.29 is 8.78 Å². The van der Waals surface area contributed by atoms with Gasteiger partial charge in [0.25, 0.3) is 0 Å². The molecular weight excluding hydrogens is 781 g/mol. The minimum atomic E-state index is -1.84. The Morgan fingerprint density at radius 2 is 0.839 bits per heavy atom. The minimum Gasteiger partial charge on any atom is -0.261 e. The van der Waals surface area contributed by atoms with E-state index >= 15 is 8.78 Å². The normalized spacial score (nSPS) is 13.0. The minimum absolute atomic E-state index is 0.0234. The van der Waals surface area contributed by atoms with Gasteiger partial charge in [0.05, 0.1) is 19.1 Å². The van der Waals surface area contributed by atoms with Crippen molar-refractivity contribution in [1.82, 2.24) is 15.0 Å². The van der Waals surface area contributed by atoms with Gasteiger partial charge in [0.2, 0.25) is 0 Å². The van der Waals surface area contributed by atoms with Gasteiger partial charge in [0, 0.05) is 50.2 Å². The molecule has 0 N–H and O–H groups in total. The molecule has 0 saturated heterocycles. The molecular formula is C56H79F2N3Si. The van der Waals surface area contributed by atoms with Crippen LogP contribution in [0.5, 0.6) is 0 Å².